The molecule has 0 spiro atoms. The zero-order valence-corrected chi connectivity index (χ0v) is 33.8. The normalized spacial score (nSPS) is 15.8. The van der Waals surface area contributed by atoms with Gasteiger partial charge >= 0.3 is 49.4 Å². The predicted molar refractivity (Wildman–Crippen MR) is 173 cm³/mol. The molecule has 3 nitrogen and oxygen atoms in total. The van der Waals surface area contributed by atoms with Gasteiger partial charge in [-0.05, 0) is 39.7 Å². The van der Waals surface area contributed by atoms with Gasteiger partial charge < -0.3 is 14.2 Å². The van der Waals surface area contributed by atoms with E-state index in [1.54, 1.807) is 30.3 Å². The van der Waals surface area contributed by atoms with Crippen LogP contribution in [0.5, 0.6) is 0 Å². The van der Waals surface area contributed by atoms with E-state index in [1.165, 1.54) is 6.92 Å². The molecule has 0 aliphatic heterocycles. The molecule has 1 aromatic rings. The van der Waals surface area contributed by atoms with Gasteiger partial charge in [-0.1, -0.05) is 44.2 Å². The SMILES string of the molecule is CC(SCc1ccccc1)C(C(F)(F)F)C(F)(F)F.CCCOC(C)(F)C(C(F)(F)F)C(F)(F)F.CCOC(C)(F)C(C(F)(F)F)C(F)(F)F.COC(C)=C(C(F)(F)F)C(F)(F)F. The summed E-state index contributed by atoms with van der Waals surface area (Å²) in [5, 5.41) is -1.58. The highest BCUT2D eigenvalue weighted by Gasteiger charge is 2.68. The minimum atomic E-state index is -5.74. The highest BCUT2D eigenvalue weighted by Crippen LogP contribution is 2.49. The summed E-state index contributed by atoms with van der Waals surface area (Å²) in [5.41, 5.74) is -1.91. The number of rotatable bonds is 12. The van der Waals surface area contributed by atoms with Crippen molar-refractivity contribution in [2.24, 2.45) is 17.8 Å². The van der Waals surface area contributed by atoms with Crippen LogP contribution in [0.3, 0.4) is 0 Å². The molecule has 63 heavy (non-hydrogen) atoms. The van der Waals surface area contributed by atoms with Crippen molar-refractivity contribution in [3.63, 3.8) is 0 Å². The monoisotopic (exact) mass is 1010 g/mol. The third-order valence-electron chi connectivity index (χ3n) is 7.11. The summed E-state index contributed by atoms with van der Waals surface area (Å²) >= 11 is 0.651. The minimum absolute atomic E-state index is 0.113. The van der Waals surface area contributed by atoms with Crippen molar-refractivity contribution in [3.8, 4) is 0 Å². The van der Waals surface area contributed by atoms with Crippen LogP contribution in [0.25, 0.3) is 0 Å². The fraction of sp³-hybridized carbons (Fsp3) is 0.758. The number of allylic oxidation sites excluding steroid dienone is 2. The Morgan fingerprint density at radius 2 is 0.873 bits per heavy atom. The van der Waals surface area contributed by atoms with Crippen molar-refractivity contribution in [1.82, 2.24) is 0 Å². The molecule has 0 aliphatic carbocycles. The molecule has 1 rings (SSSR count). The summed E-state index contributed by atoms with van der Waals surface area (Å²) in [7, 11) is 0.743. The van der Waals surface area contributed by atoms with Crippen LogP contribution in [0.2, 0.25) is 0 Å². The maximum Gasteiger partial charge on any atom is 0.424 e. The Hall–Kier alpha value is -2.79. The lowest BCUT2D eigenvalue weighted by Gasteiger charge is -2.33. The van der Waals surface area contributed by atoms with Crippen LogP contribution in [0, 0.1) is 17.8 Å². The molecule has 0 fully saturated rings. The van der Waals surface area contributed by atoms with E-state index in [-0.39, 0.29) is 26.0 Å². The first-order valence-corrected chi connectivity index (χ1v) is 17.7. The van der Waals surface area contributed by atoms with E-state index >= 15 is 0 Å². The fourth-order valence-corrected chi connectivity index (χ4v) is 5.72. The van der Waals surface area contributed by atoms with E-state index in [9.17, 15) is 114 Å². The maximum atomic E-state index is 13.3. The van der Waals surface area contributed by atoms with Gasteiger partial charge in [-0.3, -0.25) is 0 Å². The first-order chi connectivity index (χ1) is 27.6. The van der Waals surface area contributed by atoms with Crippen LogP contribution in [-0.4, -0.2) is 86.7 Å². The summed E-state index contributed by atoms with van der Waals surface area (Å²) in [6.45, 7) is 3.24. The summed E-state index contributed by atoms with van der Waals surface area (Å²) in [5.74, 6) is -20.3. The Morgan fingerprint density at radius 1 is 0.540 bits per heavy atom. The maximum absolute atomic E-state index is 13.3. The summed E-state index contributed by atoms with van der Waals surface area (Å²) < 4.78 is 328. The zero-order valence-electron chi connectivity index (χ0n) is 33.0. The predicted octanol–water partition coefficient (Wildman–Crippen LogP) is 15.4. The third kappa shape index (κ3) is 24.4. The molecule has 0 saturated heterocycles. The van der Waals surface area contributed by atoms with Crippen molar-refractivity contribution in [2.45, 2.75) is 120 Å². The number of benzene rings is 1. The number of hydrogen-bond donors (Lipinski definition) is 0. The number of halogens is 26. The largest absolute Gasteiger partial charge is 0.501 e. The van der Waals surface area contributed by atoms with Crippen molar-refractivity contribution in [1.29, 1.82) is 0 Å². The molecular weight excluding hydrogens is 970 g/mol. The van der Waals surface area contributed by atoms with Crippen molar-refractivity contribution in [3.05, 3.63) is 47.2 Å². The van der Waals surface area contributed by atoms with Gasteiger partial charge in [0.1, 0.15) is 5.76 Å². The molecule has 0 heterocycles. The van der Waals surface area contributed by atoms with Crippen LogP contribution >= 0.6 is 11.8 Å². The molecule has 3 atom stereocenters. The number of alkyl halides is 26. The lowest BCUT2D eigenvalue weighted by atomic mass is 10.00. The van der Waals surface area contributed by atoms with Gasteiger partial charge in [-0.25, -0.2) is 8.78 Å². The Kier molecular flexibility index (Phi) is 24.7. The first kappa shape index (κ1) is 64.5. The van der Waals surface area contributed by atoms with Crippen LogP contribution in [-0.2, 0) is 20.0 Å². The number of methoxy groups -OCH3 is 1. The molecule has 0 aliphatic rings. The van der Waals surface area contributed by atoms with Crippen LogP contribution in [0.15, 0.2) is 41.7 Å². The topological polar surface area (TPSA) is 27.7 Å². The second kappa shape index (κ2) is 24.1. The van der Waals surface area contributed by atoms with Gasteiger partial charge in [0.2, 0.25) is 23.5 Å². The van der Waals surface area contributed by atoms with Gasteiger partial charge in [0.25, 0.3) is 0 Å². The molecule has 0 N–H and O–H groups in total. The van der Waals surface area contributed by atoms with E-state index < -0.39 is 109 Å². The minimum Gasteiger partial charge on any atom is -0.501 e. The molecule has 1 aromatic carbocycles. The average Bonchev–Trinajstić information content (AvgIpc) is 2.98. The molecule has 30 heteroatoms. The number of hydrogen-bond acceptors (Lipinski definition) is 4. The first-order valence-electron chi connectivity index (χ1n) is 16.7. The van der Waals surface area contributed by atoms with E-state index in [0.29, 0.717) is 24.2 Å². The Morgan fingerprint density at radius 3 is 1.11 bits per heavy atom. The zero-order chi connectivity index (χ0) is 51.2. The summed E-state index contributed by atoms with van der Waals surface area (Å²) in [6, 6.07) is 8.43. The fourth-order valence-electron chi connectivity index (χ4n) is 4.57. The van der Waals surface area contributed by atoms with Crippen LogP contribution in [0.4, 0.5) is 114 Å². The number of thioether (sulfide) groups is 1. The van der Waals surface area contributed by atoms with Gasteiger partial charge in [-0.15, -0.1) is 0 Å². The smallest absolute Gasteiger partial charge is 0.424 e. The van der Waals surface area contributed by atoms with E-state index in [2.05, 4.69) is 14.2 Å². The van der Waals surface area contributed by atoms with E-state index in [1.807, 2.05) is 0 Å². The molecule has 0 aromatic heterocycles. The quantitative estimate of drug-likeness (QED) is 0.154. The molecule has 0 radical (unpaired) electrons. The molecule has 376 valence electrons. The summed E-state index contributed by atoms with van der Waals surface area (Å²) in [6.07, 6.45) is -44.3. The highest BCUT2D eigenvalue weighted by atomic mass is 32.2. The molecular formula is C33H38F26O3S. The second-order valence-corrected chi connectivity index (χ2v) is 13.8. The molecule has 0 saturated carbocycles. The third-order valence-corrected chi connectivity index (χ3v) is 8.41. The van der Waals surface area contributed by atoms with E-state index in [4.69, 9.17) is 0 Å². The molecule has 0 amide bonds. The Balaban J connectivity index is -0.000000770. The van der Waals surface area contributed by atoms with E-state index in [0.717, 1.165) is 21.0 Å². The standard InChI is InChI=1S/C12H12F6S.C8H11F7O.C7H9F7O.C6H6F6O/c1-8(10(11(13,14)15)12(16,17)18)19-7-9-5-3-2-4-6-9;1-3-4-16-6(2,9)5(7(10,11)12)8(13,14)15;1-3-15-5(2,8)4(6(9,10)11)7(12,13)14;1-3(13-2)4(5(7,8)9)6(10,11)12/h2-6,8,10H,7H2,1H3;5H,3-4H2,1-2H3;4H,3H2,1-2H3;1-2H3. The number of ether oxygens (including phenoxy) is 3. The van der Waals surface area contributed by atoms with Crippen molar-refractivity contribution < 1.29 is 128 Å². The van der Waals surface area contributed by atoms with Crippen LogP contribution in [0.1, 0.15) is 53.5 Å². The Bertz CT molecular complexity index is 1390. The molecule has 3 unspecified atom stereocenters. The van der Waals surface area contributed by atoms with Gasteiger partial charge in [0.05, 0.1) is 13.7 Å². The average molecular weight is 1010 g/mol. The lowest BCUT2D eigenvalue weighted by Crippen LogP contribution is -2.51. The van der Waals surface area contributed by atoms with Gasteiger partial charge in [0, 0.05) is 17.6 Å². The van der Waals surface area contributed by atoms with Crippen molar-refractivity contribution >= 4 is 11.8 Å². The summed E-state index contributed by atoms with van der Waals surface area (Å²) in [4.78, 5) is 0. The lowest BCUT2D eigenvalue weighted by molar-refractivity contribution is -0.358. The van der Waals surface area contributed by atoms with Crippen LogP contribution < -0.4 is 0 Å². The van der Waals surface area contributed by atoms with Gasteiger partial charge in [0.15, 0.2) is 11.5 Å². The second-order valence-electron chi connectivity index (χ2n) is 12.5. The Labute approximate surface area is 345 Å². The van der Waals surface area contributed by atoms with Gasteiger partial charge in [-0.2, -0.15) is 117 Å². The molecule has 0 bridgehead atoms. The highest BCUT2D eigenvalue weighted by molar-refractivity contribution is 7.99. The van der Waals surface area contributed by atoms with Crippen molar-refractivity contribution in [2.75, 3.05) is 20.3 Å².